The maximum Gasteiger partial charge on any atom is 0.332 e. The molecule has 2 aromatic rings. The maximum atomic E-state index is 12.6. The van der Waals surface area contributed by atoms with E-state index >= 15 is 0 Å². The molecule has 0 aliphatic carbocycles. The normalized spacial score (nSPS) is 20.1. The van der Waals surface area contributed by atoms with E-state index in [4.69, 9.17) is 5.73 Å². The number of halogens is 1. The fourth-order valence-electron chi connectivity index (χ4n) is 3.36. The number of likely N-dealkylation sites (tertiary alicyclic amines) is 1. The molecule has 9 heteroatoms. The third kappa shape index (κ3) is 3.11. The van der Waals surface area contributed by atoms with Crippen LogP contribution < -0.4 is 17.0 Å². The molecule has 1 aliphatic rings. The van der Waals surface area contributed by atoms with E-state index in [9.17, 15) is 14.4 Å². The van der Waals surface area contributed by atoms with Gasteiger partial charge in [0.05, 0.1) is 5.39 Å². The molecule has 1 amide bonds. The van der Waals surface area contributed by atoms with Crippen molar-refractivity contribution in [3.05, 3.63) is 33.1 Å². The average Bonchev–Trinajstić information content (AvgIpc) is 3.16. The Morgan fingerprint density at radius 3 is 2.56 bits per heavy atom. The Labute approximate surface area is 151 Å². The van der Waals surface area contributed by atoms with Gasteiger partial charge in [0.25, 0.3) is 5.56 Å². The van der Waals surface area contributed by atoms with Crippen molar-refractivity contribution in [3.8, 4) is 0 Å². The molecule has 3 heterocycles. The second-order valence-corrected chi connectivity index (χ2v) is 6.97. The fourth-order valence-corrected chi connectivity index (χ4v) is 3.36. The Kier molecular flexibility index (Phi) is 5.15. The first-order valence-electron chi connectivity index (χ1n) is 8.00. The number of aryl methyl sites for hydroxylation is 1. The van der Waals surface area contributed by atoms with Crippen LogP contribution in [0.4, 0.5) is 0 Å². The van der Waals surface area contributed by atoms with E-state index < -0.39 is 5.69 Å². The Bertz CT molecular complexity index is 928. The molecular formula is C16H24ClN5O3. The summed E-state index contributed by atoms with van der Waals surface area (Å²) in [6, 6.07) is 1.65. The molecule has 1 aliphatic heterocycles. The number of nitrogens with zero attached hydrogens (tertiary/aromatic N) is 4. The summed E-state index contributed by atoms with van der Waals surface area (Å²) in [6.07, 6.45) is 2.57. The van der Waals surface area contributed by atoms with E-state index in [1.54, 1.807) is 28.8 Å². The van der Waals surface area contributed by atoms with Gasteiger partial charge in [-0.15, -0.1) is 12.4 Å². The van der Waals surface area contributed by atoms with Crippen LogP contribution in [0, 0.1) is 5.41 Å². The Morgan fingerprint density at radius 2 is 1.96 bits per heavy atom. The summed E-state index contributed by atoms with van der Waals surface area (Å²) in [7, 11) is 3.05. The van der Waals surface area contributed by atoms with Crippen molar-refractivity contribution in [1.82, 2.24) is 18.6 Å². The highest BCUT2D eigenvalue weighted by molar-refractivity contribution is 5.85. The molecule has 25 heavy (non-hydrogen) atoms. The Morgan fingerprint density at radius 1 is 1.28 bits per heavy atom. The van der Waals surface area contributed by atoms with E-state index in [-0.39, 0.29) is 35.8 Å². The number of nitrogens with two attached hydrogens (primary N) is 1. The summed E-state index contributed by atoms with van der Waals surface area (Å²) < 4.78 is 4.14. The molecule has 1 unspecified atom stereocenters. The quantitative estimate of drug-likeness (QED) is 0.800. The summed E-state index contributed by atoms with van der Waals surface area (Å²) in [5.41, 5.74) is 5.47. The van der Waals surface area contributed by atoms with Crippen molar-refractivity contribution in [1.29, 1.82) is 0 Å². The van der Waals surface area contributed by atoms with Gasteiger partial charge in [-0.2, -0.15) is 0 Å². The molecule has 3 rings (SSSR count). The van der Waals surface area contributed by atoms with Gasteiger partial charge in [0, 0.05) is 33.4 Å². The van der Waals surface area contributed by atoms with Gasteiger partial charge >= 0.3 is 5.69 Å². The SMILES string of the molecule is Cl.Cn1c(=O)c2ccn(CC(=O)N3CCC(C)(CN)C3)c2n(C)c1=O. The number of aromatic nitrogens is 3. The highest BCUT2D eigenvalue weighted by atomic mass is 35.5. The molecular weight excluding hydrogens is 346 g/mol. The molecule has 1 fully saturated rings. The zero-order valence-corrected chi connectivity index (χ0v) is 15.5. The van der Waals surface area contributed by atoms with Gasteiger partial charge < -0.3 is 15.2 Å². The number of carbonyl (C=O) groups excluding carboxylic acids is 1. The van der Waals surface area contributed by atoms with Gasteiger partial charge in [-0.05, 0) is 24.4 Å². The predicted octanol–water partition coefficient (Wildman–Crippen LogP) is -0.342. The number of hydrogen-bond donors (Lipinski definition) is 1. The van der Waals surface area contributed by atoms with Crippen LogP contribution in [0.2, 0.25) is 0 Å². The van der Waals surface area contributed by atoms with Crippen LogP contribution in [0.1, 0.15) is 13.3 Å². The van der Waals surface area contributed by atoms with Crippen molar-refractivity contribution in [2.75, 3.05) is 19.6 Å². The molecule has 0 bridgehead atoms. The molecule has 8 nitrogen and oxygen atoms in total. The molecule has 1 saturated heterocycles. The first kappa shape index (κ1) is 19.3. The van der Waals surface area contributed by atoms with Crippen LogP contribution >= 0.6 is 12.4 Å². The lowest BCUT2D eigenvalue weighted by molar-refractivity contribution is -0.131. The third-order valence-corrected chi connectivity index (χ3v) is 5.07. The zero-order chi connectivity index (χ0) is 17.6. The van der Waals surface area contributed by atoms with Crippen molar-refractivity contribution in [2.45, 2.75) is 19.9 Å². The Hall–Kier alpha value is -2.06. The lowest BCUT2D eigenvalue weighted by Crippen LogP contribution is -2.38. The largest absolute Gasteiger partial charge is 0.341 e. The number of amides is 1. The van der Waals surface area contributed by atoms with Crippen LogP contribution in [0.15, 0.2) is 21.9 Å². The molecule has 2 aromatic heterocycles. The highest BCUT2D eigenvalue weighted by Gasteiger charge is 2.34. The third-order valence-electron chi connectivity index (χ3n) is 5.07. The fraction of sp³-hybridized carbons (Fsp3) is 0.562. The summed E-state index contributed by atoms with van der Waals surface area (Å²) >= 11 is 0. The topological polar surface area (TPSA) is 95.3 Å². The number of rotatable bonds is 3. The van der Waals surface area contributed by atoms with Crippen molar-refractivity contribution >= 4 is 29.3 Å². The van der Waals surface area contributed by atoms with Crippen LogP contribution in [0.25, 0.3) is 11.0 Å². The second kappa shape index (κ2) is 6.68. The molecule has 0 aromatic carbocycles. The lowest BCUT2D eigenvalue weighted by Gasteiger charge is -2.23. The van der Waals surface area contributed by atoms with E-state index in [1.165, 1.54) is 11.6 Å². The van der Waals surface area contributed by atoms with E-state index in [2.05, 4.69) is 6.92 Å². The van der Waals surface area contributed by atoms with Gasteiger partial charge in [0.1, 0.15) is 12.2 Å². The summed E-state index contributed by atoms with van der Waals surface area (Å²) in [4.78, 5) is 38.7. The van der Waals surface area contributed by atoms with E-state index in [0.29, 0.717) is 30.7 Å². The molecule has 0 spiro atoms. The molecule has 0 saturated carbocycles. The van der Waals surface area contributed by atoms with Crippen molar-refractivity contribution < 1.29 is 4.79 Å². The first-order valence-corrected chi connectivity index (χ1v) is 8.00. The Balaban J connectivity index is 0.00000225. The lowest BCUT2D eigenvalue weighted by atomic mass is 9.90. The minimum absolute atomic E-state index is 0. The van der Waals surface area contributed by atoms with Crippen molar-refractivity contribution in [3.63, 3.8) is 0 Å². The average molecular weight is 370 g/mol. The minimum atomic E-state index is -0.406. The van der Waals surface area contributed by atoms with Gasteiger partial charge in [0.15, 0.2) is 0 Å². The summed E-state index contributed by atoms with van der Waals surface area (Å²) in [5.74, 6) is -0.0298. The van der Waals surface area contributed by atoms with E-state index in [1.807, 2.05) is 0 Å². The highest BCUT2D eigenvalue weighted by Crippen LogP contribution is 2.28. The monoisotopic (exact) mass is 369 g/mol. The standard InChI is InChI=1S/C16H23N5O3.ClH/c1-16(9-17)5-7-21(10-16)12(22)8-20-6-4-11-13(20)18(2)15(24)19(3)14(11)23;/h4,6H,5,7-10,17H2,1-3H3;1H. The van der Waals surface area contributed by atoms with Gasteiger partial charge in [0.2, 0.25) is 5.91 Å². The van der Waals surface area contributed by atoms with Crippen molar-refractivity contribution in [2.24, 2.45) is 25.2 Å². The number of fused-ring (bicyclic) bond motifs is 1. The number of carbonyl (C=O) groups is 1. The molecule has 2 N–H and O–H groups in total. The van der Waals surface area contributed by atoms with Gasteiger partial charge in [-0.3, -0.25) is 18.7 Å². The summed E-state index contributed by atoms with van der Waals surface area (Å²) in [5, 5.41) is 0.431. The predicted molar refractivity (Wildman–Crippen MR) is 98.0 cm³/mol. The van der Waals surface area contributed by atoms with Crippen LogP contribution in [0.3, 0.4) is 0 Å². The first-order chi connectivity index (χ1) is 11.3. The zero-order valence-electron chi connectivity index (χ0n) is 14.7. The van der Waals surface area contributed by atoms with E-state index in [0.717, 1.165) is 11.0 Å². The summed E-state index contributed by atoms with van der Waals surface area (Å²) in [6.45, 7) is 4.06. The minimum Gasteiger partial charge on any atom is -0.341 e. The van der Waals surface area contributed by atoms with Crippen LogP contribution in [-0.4, -0.2) is 44.1 Å². The molecule has 1 atom stereocenters. The number of hydrogen-bond acceptors (Lipinski definition) is 4. The second-order valence-electron chi connectivity index (χ2n) is 6.97. The van der Waals surface area contributed by atoms with Crippen LogP contribution in [-0.2, 0) is 25.4 Å². The maximum absolute atomic E-state index is 12.6. The molecule has 138 valence electrons. The van der Waals surface area contributed by atoms with Gasteiger partial charge in [-0.1, -0.05) is 6.92 Å². The smallest absolute Gasteiger partial charge is 0.332 e. The van der Waals surface area contributed by atoms with Gasteiger partial charge in [-0.25, -0.2) is 4.79 Å². The van der Waals surface area contributed by atoms with Crippen LogP contribution in [0.5, 0.6) is 0 Å². The molecule has 0 radical (unpaired) electrons.